The highest BCUT2D eigenvalue weighted by Gasteiger charge is 2.31. The van der Waals surface area contributed by atoms with Crippen molar-refractivity contribution in [1.82, 2.24) is 20.1 Å². The molecule has 3 aliphatic rings. The molecule has 0 radical (unpaired) electrons. The Morgan fingerprint density at radius 3 is 2.76 bits per heavy atom. The third-order valence-electron chi connectivity index (χ3n) is 6.61. The third kappa shape index (κ3) is 3.98. The highest BCUT2D eigenvalue weighted by atomic mass is 16.2. The molecule has 1 N–H and O–H groups in total. The molecule has 29 heavy (non-hydrogen) atoms. The van der Waals surface area contributed by atoms with Gasteiger partial charge in [0.1, 0.15) is 5.82 Å². The summed E-state index contributed by atoms with van der Waals surface area (Å²) in [4.78, 5) is 31.9. The van der Waals surface area contributed by atoms with Crippen LogP contribution in [0.1, 0.15) is 89.9 Å². The van der Waals surface area contributed by atoms with Crippen LogP contribution in [-0.2, 0) is 17.6 Å². The van der Waals surface area contributed by atoms with Crippen LogP contribution in [0.15, 0.2) is 18.2 Å². The summed E-state index contributed by atoms with van der Waals surface area (Å²) < 4.78 is 0. The highest BCUT2D eigenvalue weighted by molar-refractivity contribution is 5.98. The van der Waals surface area contributed by atoms with Crippen LogP contribution in [0.25, 0.3) is 0 Å². The van der Waals surface area contributed by atoms with E-state index in [9.17, 15) is 9.59 Å². The quantitative estimate of drug-likeness (QED) is 0.763. The number of Topliss-reactive ketones (excluding diaryl/α,β-unsaturated/α-hetero) is 1. The summed E-state index contributed by atoms with van der Waals surface area (Å²) in [5, 5.41) is 7.48. The van der Waals surface area contributed by atoms with Crippen molar-refractivity contribution in [1.29, 1.82) is 0 Å². The van der Waals surface area contributed by atoms with Crippen LogP contribution in [0.3, 0.4) is 0 Å². The Labute approximate surface area is 171 Å². The van der Waals surface area contributed by atoms with E-state index < -0.39 is 0 Å². The van der Waals surface area contributed by atoms with Crippen LogP contribution in [0.5, 0.6) is 0 Å². The summed E-state index contributed by atoms with van der Waals surface area (Å²) in [6.07, 6.45) is 8.29. The lowest BCUT2D eigenvalue weighted by atomic mass is 9.96. The standard InChI is InChI=1S/C23H28N4O2/c28-20(18-9-6-15-3-1-4-17(15)13-18)10-11-21(29)27-12-2-5-19(14-27)23-24-22(25-26-23)16-7-8-16/h6,9,13,16,19H,1-5,7-8,10-12,14H2,(H,24,25,26)/t19-/m0/s1. The molecule has 2 heterocycles. The molecule has 2 aliphatic carbocycles. The minimum absolute atomic E-state index is 0.0714. The van der Waals surface area contributed by atoms with Crippen molar-refractivity contribution in [3.05, 3.63) is 46.5 Å². The lowest BCUT2D eigenvalue weighted by Crippen LogP contribution is -2.39. The summed E-state index contributed by atoms with van der Waals surface area (Å²) >= 11 is 0. The van der Waals surface area contributed by atoms with Crippen LogP contribution in [0.4, 0.5) is 0 Å². The number of carbonyl (C=O) groups is 2. The van der Waals surface area contributed by atoms with Gasteiger partial charge in [0.2, 0.25) is 5.91 Å². The van der Waals surface area contributed by atoms with Crippen LogP contribution >= 0.6 is 0 Å². The lowest BCUT2D eigenvalue weighted by molar-refractivity contribution is -0.132. The number of aromatic amines is 1. The molecule has 6 nitrogen and oxygen atoms in total. The molecule has 2 fully saturated rings. The number of hydrogen-bond donors (Lipinski definition) is 1. The molecule has 1 aromatic heterocycles. The molecule has 0 unspecified atom stereocenters. The number of nitrogens with one attached hydrogen (secondary N) is 1. The molecule has 152 valence electrons. The first-order valence-electron chi connectivity index (χ1n) is 11.0. The molecular formula is C23H28N4O2. The second-order valence-corrected chi connectivity index (χ2v) is 8.79. The summed E-state index contributed by atoms with van der Waals surface area (Å²) in [5.74, 6) is 2.75. The van der Waals surface area contributed by atoms with E-state index >= 15 is 0 Å². The fourth-order valence-corrected chi connectivity index (χ4v) is 4.69. The van der Waals surface area contributed by atoms with Crippen LogP contribution in [0.2, 0.25) is 0 Å². The fraction of sp³-hybridized carbons (Fsp3) is 0.565. The van der Waals surface area contributed by atoms with E-state index in [0.717, 1.165) is 49.4 Å². The molecule has 1 aromatic carbocycles. The number of piperidine rings is 1. The number of benzene rings is 1. The van der Waals surface area contributed by atoms with Crippen LogP contribution in [-0.4, -0.2) is 44.9 Å². The van der Waals surface area contributed by atoms with Gasteiger partial charge in [-0.2, -0.15) is 5.10 Å². The van der Waals surface area contributed by atoms with E-state index in [1.54, 1.807) is 0 Å². The summed E-state index contributed by atoms with van der Waals surface area (Å²) in [5.41, 5.74) is 3.43. The van der Waals surface area contributed by atoms with Crippen molar-refractivity contribution in [3.63, 3.8) is 0 Å². The SMILES string of the molecule is O=C(CCC(=O)N1CCC[C@H](c2n[nH]c(C3CC3)n2)C1)c1ccc2c(c1)CCC2. The summed E-state index contributed by atoms with van der Waals surface area (Å²) in [6, 6.07) is 6.04. The van der Waals surface area contributed by atoms with Gasteiger partial charge in [0.05, 0.1) is 0 Å². The molecule has 0 bridgehead atoms. The minimum atomic E-state index is 0.0714. The topological polar surface area (TPSA) is 79.0 Å². The van der Waals surface area contributed by atoms with Gasteiger partial charge in [-0.05, 0) is 62.1 Å². The summed E-state index contributed by atoms with van der Waals surface area (Å²) in [6.45, 7) is 1.43. The van der Waals surface area contributed by atoms with Crippen molar-refractivity contribution in [2.75, 3.05) is 13.1 Å². The van der Waals surface area contributed by atoms with Gasteiger partial charge in [-0.15, -0.1) is 0 Å². The van der Waals surface area contributed by atoms with Crippen molar-refractivity contribution in [2.24, 2.45) is 0 Å². The van der Waals surface area contributed by atoms with Gasteiger partial charge in [-0.3, -0.25) is 14.7 Å². The number of H-pyrrole nitrogens is 1. The van der Waals surface area contributed by atoms with Crippen LogP contribution < -0.4 is 0 Å². The smallest absolute Gasteiger partial charge is 0.223 e. The number of nitrogens with zero attached hydrogens (tertiary/aromatic N) is 3. The number of rotatable bonds is 6. The number of ketones is 1. The minimum Gasteiger partial charge on any atom is -0.342 e. The Bertz CT molecular complexity index is 931. The molecule has 6 heteroatoms. The van der Waals surface area contributed by atoms with Gasteiger partial charge in [0.25, 0.3) is 0 Å². The molecular weight excluding hydrogens is 364 g/mol. The first-order chi connectivity index (χ1) is 14.2. The molecule has 2 aromatic rings. The zero-order valence-electron chi connectivity index (χ0n) is 16.8. The van der Waals surface area contributed by atoms with E-state index in [1.165, 1.54) is 30.4 Å². The molecule has 0 spiro atoms. The molecule has 1 saturated heterocycles. The number of aromatic nitrogens is 3. The molecule has 1 aliphatic heterocycles. The largest absolute Gasteiger partial charge is 0.342 e. The van der Waals surface area contributed by atoms with Gasteiger partial charge >= 0.3 is 0 Å². The zero-order valence-corrected chi connectivity index (χ0v) is 16.8. The van der Waals surface area contributed by atoms with E-state index in [-0.39, 0.29) is 30.4 Å². The average molecular weight is 393 g/mol. The Balaban J connectivity index is 1.16. The molecule has 1 amide bonds. The second-order valence-electron chi connectivity index (χ2n) is 8.79. The number of fused-ring (bicyclic) bond motifs is 1. The van der Waals surface area contributed by atoms with Crippen molar-refractivity contribution in [3.8, 4) is 0 Å². The normalized spacial score (nSPS) is 21.2. The van der Waals surface area contributed by atoms with Gasteiger partial charge in [0, 0.05) is 43.3 Å². The van der Waals surface area contributed by atoms with Gasteiger partial charge in [-0.25, -0.2) is 4.98 Å². The predicted molar refractivity (Wildman–Crippen MR) is 109 cm³/mol. The zero-order chi connectivity index (χ0) is 19.8. The number of aryl methyl sites for hydroxylation is 2. The average Bonchev–Trinajstić information content (AvgIpc) is 3.29. The summed E-state index contributed by atoms with van der Waals surface area (Å²) in [7, 11) is 0. The number of hydrogen-bond acceptors (Lipinski definition) is 4. The lowest BCUT2D eigenvalue weighted by Gasteiger charge is -2.31. The first-order valence-corrected chi connectivity index (χ1v) is 11.0. The monoisotopic (exact) mass is 392 g/mol. The Kier molecular flexibility index (Phi) is 4.94. The molecule has 5 rings (SSSR count). The van der Waals surface area contributed by atoms with Gasteiger partial charge < -0.3 is 4.90 Å². The Hall–Kier alpha value is -2.50. The van der Waals surface area contributed by atoms with Gasteiger partial charge in [-0.1, -0.05) is 12.1 Å². The third-order valence-corrected chi connectivity index (χ3v) is 6.61. The molecule has 1 atom stereocenters. The second kappa shape index (κ2) is 7.73. The maximum absolute atomic E-state index is 12.7. The van der Waals surface area contributed by atoms with Crippen molar-refractivity contribution < 1.29 is 9.59 Å². The van der Waals surface area contributed by atoms with E-state index in [2.05, 4.69) is 21.2 Å². The Morgan fingerprint density at radius 1 is 1.03 bits per heavy atom. The first kappa shape index (κ1) is 18.5. The maximum atomic E-state index is 12.7. The van der Waals surface area contributed by atoms with E-state index in [4.69, 9.17) is 0 Å². The van der Waals surface area contributed by atoms with Crippen molar-refractivity contribution in [2.45, 2.75) is 69.6 Å². The maximum Gasteiger partial charge on any atom is 0.223 e. The number of amides is 1. The molecule has 1 saturated carbocycles. The predicted octanol–water partition coefficient (Wildman–Crippen LogP) is 3.54. The van der Waals surface area contributed by atoms with Crippen molar-refractivity contribution >= 4 is 11.7 Å². The number of likely N-dealkylation sites (tertiary alicyclic amines) is 1. The number of carbonyl (C=O) groups excluding carboxylic acids is 2. The van der Waals surface area contributed by atoms with Crippen LogP contribution in [0, 0.1) is 0 Å². The Morgan fingerprint density at radius 2 is 1.90 bits per heavy atom. The van der Waals surface area contributed by atoms with E-state index in [1.807, 2.05) is 17.0 Å². The van der Waals surface area contributed by atoms with Gasteiger partial charge in [0.15, 0.2) is 11.6 Å². The fourth-order valence-electron chi connectivity index (χ4n) is 4.69. The van der Waals surface area contributed by atoms with E-state index in [0.29, 0.717) is 12.5 Å². The highest BCUT2D eigenvalue weighted by Crippen LogP contribution is 2.38.